The van der Waals surface area contributed by atoms with Crippen molar-refractivity contribution in [1.82, 2.24) is 5.32 Å². The third kappa shape index (κ3) is 5.08. The number of amides is 1. The highest BCUT2D eigenvalue weighted by molar-refractivity contribution is 7.80. The fourth-order valence-electron chi connectivity index (χ4n) is 7.85. The maximum Gasteiger partial charge on any atom is 0.327 e. The molecule has 0 saturated heterocycles. The van der Waals surface area contributed by atoms with Crippen molar-refractivity contribution >= 4 is 47.8 Å². The summed E-state index contributed by atoms with van der Waals surface area (Å²) < 4.78 is 5.08. The Morgan fingerprint density at radius 2 is 1.85 bits per heavy atom. The number of carbonyl (C=O) groups excluding carboxylic acids is 5. The monoisotopic (exact) mass is 563 g/mol. The number of carbonyl (C=O) groups is 6. The number of thiol groups is 1. The van der Waals surface area contributed by atoms with Crippen LogP contribution in [-0.2, 0) is 33.5 Å². The van der Waals surface area contributed by atoms with Crippen LogP contribution < -0.4 is 5.32 Å². The van der Waals surface area contributed by atoms with Crippen LogP contribution in [0.3, 0.4) is 0 Å². The van der Waals surface area contributed by atoms with Gasteiger partial charge in [0.1, 0.15) is 17.4 Å². The molecule has 3 fully saturated rings. The van der Waals surface area contributed by atoms with E-state index in [1.165, 1.54) is 0 Å². The Morgan fingerprint density at radius 1 is 1.13 bits per heavy atom. The van der Waals surface area contributed by atoms with E-state index < -0.39 is 47.3 Å². The summed E-state index contributed by atoms with van der Waals surface area (Å²) >= 11 is 3.86. The van der Waals surface area contributed by atoms with Gasteiger partial charge < -0.3 is 20.3 Å². The quantitative estimate of drug-likeness (QED) is 0.242. The van der Waals surface area contributed by atoms with E-state index in [-0.39, 0.29) is 66.2 Å². The molecule has 4 aliphatic carbocycles. The molecule has 0 radical (unpaired) electrons. The second-order valence-corrected chi connectivity index (χ2v) is 12.4. The van der Waals surface area contributed by atoms with Crippen LogP contribution in [-0.4, -0.2) is 69.4 Å². The van der Waals surface area contributed by atoms with Crippen molar-refractivity contribution < 1.29 is 43.7 Å². The summed E-state index contributed by atoms with van der Waals surface area (Å²) in [6, 6.07) is -1.18. The molecule has 0 aliphatic heterocycles. The first-order valence-electron chi connectivity index (χ1n) is 13.6. The maximum atomic E-state index is 13.7. The number of Topliss-reactive ketones (excluding diaryl/α,β-unsaturated/α-hetero) is 2. The summed E-state index contributed by atoms with van der Waals surface area (Å²) in [7, 11) is 0. The predicted molar refractivity (Wildman–Crippen MR) is 141 cm³/mol. The number of aliphatic carboxylic acids is 1. The maximum absolute atomic E-state index is 13.7. The third-order valence-corrected chi connectivity index (χ3v) is 10.4. The summed E-state index contributed by atoms with van der Waals surface area (Å²) in [5, 5.41) is 22.9. The van der Waals surface area contributed by atoms with Crippen molar-refractivity contribution in [2.75, 3.05) is 12.4 Å². The molecule has 3 saturated carbocycles. The summed E-state index contributed by atoms with van der Waals surface area (Å²) in [6.45, 7) is 3.19. The van der Waals surface area contributed by atoms with Gasteiger partial charge in [-0.1, -0.05) is 19.4 Å². The Labute approximate surface area is 232 Å². The summed E-state index contributed by atoms with van der Waals surface area (Å²) in [5.41, 5.74) is -2.14. The molecule has 0 heterocycles. The number of esters is 1. The Morgan fingerprint density at radius 3 is 2.51 bits per heavy atom. The number of fused-ring (bicyclic) bond motifs is 5. The van der Waals surface area contributed by atoms with E-state index in [1.807, 2.05) is 0 Å². The molecular weight excluding hydrogens is 526 g/mol. The molecular formula is C28H37NO9S. The van der Waals surface area contributed by atoms with Crippen molar-refractivity contribution in [2.45, 2.75) is 83.3 Å². The van der Waals surface area contributed by atoms with E-state index in [0.717, 1.165) is 18.4 Å². The molecule has 4 aliphatic rings. The number of hydrogen-bond acceptors (Lipinski definition) is 9. The molecule has 0 bridgehead atoms. The molecule has 3 N–H and O–H groups in total. The van der Waals surface area contributed by atoms with Gasteiger partial charge in [0, 0.05) is 36.3 Å². The van der Waals surface area contributed by atoms with Crippen molar-refractivity contribution in [3.05, 3.63) is 11.6 Å². The molecule has 1 amide bonds. The normalized spacial score (nSPS) is 36.1. The number of carboxylic acids is 1. The SMILES string of the molecule is C[C@]12CCC(=O)C=C1CC[C@@H]1[C@@H]2C(=O)C[C@@]2(C)[C@H]1CC[C@]2(O)C(=O)COC(=O)CCC(=O)N[C@H](CS)C(=O)O. The number of hydrogen-bond donors (Lipinski definition) is 4. The lowest BCUT2D eigenvalue weighted by Gasteiger charge is -2.57. The van der Waals surface area contributed by atoms with Crippen LogP contribution in [0.5, 0.6) is 0 Å². The number of ether oxygens (including phenoxy) is 1. The smallest absolute Gasteiger partial charge is 0.327 e. The lowest BCUT2D eigenvalue weighted by atomic mass is 9.46. The Bertz CT molecular complexity index is 1130. The van der Waals surface area contributed by atoms with Gasteiger partial charge in [0.2, 0.25) is 11.7 Å². The number of allylic oxidation sites excluding steroid dienone is 1. The largest absolute Gasteiger partial charge is 0.480 e. The molecule has 11 heteroatoms. The Hall–Kier alpha value is -2.53. The zero-order valence-corrected chi connectivity index (χ0v) is 23.3. The third-order valence-electron chi connectivity index (χ3n) is 10.0. The van der Waals surface area contributed by atoms with Gasteiger partial charge in [-0.25, -0.2) is 4.79 Å². The predicted octanol–water partition coefficient (Wildman–Crippen LogP) is 1.82. The lowest BCUT2D eigenvalue weighted by Crippen LogP contribution is -2.61. The molecule has 0 unspecified atom stereocenters. The Balaban J connectivity index is 1.39. The van der Waals surface area contributed by atoms with Crippen molar-refractivity contribution in [1.29, 1.82) is 0 Å². The average Bonchev–Trinajstić information content (AvgIpc) is 3.15. The molecule has 4 rings (SSSR count). The highest BCUT2D eigenvalue weighted by Crippen LogP contribution is 2.66. The zero-order chi connectivity index (χ0) is 28.8. The minimum atomic E-state index is -1.82. The molecule has 0 aromatic carbocycles. The van der Waals surface area contributed by atoms with E-state index in [0.29, 0.717) is 19.3 Å². The lowest BCUT2D eigenvalue weighted by molar-refractivity contribution is -0.173. The summed E-state index contributed by atoms with van der Waals surface area (Å²) in [5.74, 6) is -3.70. The molecule has 0 aromatic heterocycles. The number of rotatable bonds is 9. The second-order valence-electron chi connectivity index (χ2n) is 12.0. The van der Waals surface area contributed by atoms with Gasteiger partial charge in [-0.05, 0) is 55.4 Å². The van der Waals surface area contributed by atoms with E-state index >= 15 is 0 Å². The van der Waals surface area contributed by atoms with Crippen molar-refractivity contribution in [2.24, 2.45) is 28.6 Å². The average molecular weight is 564 g/mol. The Kier molecular flexibility index (Phi) is 8.16. The molecule has 39 heavy (non-hydrogen) atoms. The van der Waals surface area contributed by atoms with E-state index in [4.69, 9.17) is 9.84 Å². The number of aliphatic hydroxyl groups is 1. The van der Waals surface area contributed by atoms with Gasteiger partial charge in [0.25, 0.3) is 0 Å². The van der Waals surface area contributed by atoms with E-state index in [1.54, 1.807) is 13.0 Å². The van der Waals surface area contributed by atoms with Crippen LogP contribution in [0.2, 0.25) is 0 Å². The number of nitrogens with one attached hydrogen (secondary N) is 1. The first-order chi connectivity index (χ1) is 18.3. The van der Waals surface area contributed by atoms with Crippen LogP contribution >= 0.6 is 12.6 Å². The zero-order valence-electron chi connectivity index (χ0n) is 22.4. The van der Waals surface area contributed by atoms with Crippen LogP contribution in [0.15, 0.2) is 11.6 Å². The van der Waals surface area contributed by atoms with Gasteiger partial charge in [0.15, 0.2) is 12.4 Å². The van der Waals surface area contributed by atoms with Crippen LogP contribution in [0.25, 0.3) is 0 Å². The van der Waals surface area contributed by atoms with Crippen LogP contribution in [0.1, 0.15) is 71.6 Å². The van der Waals surface area contributed by atoms with Gasteiger partial charge in [0.05, 0.1) is 6.42 Å². The molecule has 10 nitrogen and oxygen atoms in total. The fraction of sp³-hybridized carbons (Fsp3) is 0.714. The number of carboxylic acid groups (broad SMARTS) is 1. The van der Waals surface area contributed by atoms with E-state index in [9.17, 15) is 33.9 Å². The molecule has 214 valence electrons. The first kappa shape index (κ1) is 29.5. The minimum Gasteiger partial charge on any atom is -0.480 e. The first-order valence-corrected chi connectivity index (χ1v) is 14.2. The van der Waals surface area contributed by atoms with Crippen molar-refractivity contribution in [3.8, 4) is 0 Å². The van der Waals surface area contributed by atoms with Gasteiger partial charge in [-0.2, -0.15) is 12.6 Å². The molecule has 0 aromatic rings. The van der Waals surface area contributed by atoms with E-state index in [2.05, 4.69) is 24.9 Å². The highest BCUT2D eigenvalue weighted by Gasteiger charge is 2.68. The minimum absolute atomic E-state index is 0.00127. The molecule has 7 atom stereocenters. The highest BCUT2D eigenvalue weighted by atomic mass is 32.1. The van der Waals surface area contributed by atoms with Gasteiger partial charge in [-0.15, -0.1) is 0 Å². The second kappa shape index (κ2) is 10.8. The molecule has 0 spiro atoms. The van der Waals surface area contributed by atoms with Crippen LogP contribution in [0.4, 0.5) is 0 Å². The standard InChI is InChI=1S/C28H37NO9S/c1-26-9-7-16(30)11-15(26)3-4-17-18-8-10-28(37,27(18,2)12-20(31)24(17)26)21(32)13-38-23(34)6-5-22(33)29-19(14-39)25(35)36/h11,17-19,24,37,39H,3-10,12-14H2,1-2H3,(H,29,33)(H,35,36)/t17-,18-,19+,24+,26-,27-,28-/m0/s1. The number of ketones is 3. The summed E-state index contributed by atoms with van der Waals surface area (Å²) in [4.78, 5) is 74.1. The fourth-order valence-corrected chi connectivity index (χ4v) is 8.10. The summed E-state index contributed by atoms with van der Waals surface area (Å²) in [6.07, 6.45) is 4.32. The van der Waals surface area contributed by atoms with Gasteiger partial charge in [-0.3, -0.25) is 24.0 Å². The topological polar surface area (TPSA) is 164 Å². The van der Waals surface area contributed by atoms with Crippen molar-refractivity contribution in [3.63, 3.8) is 0 Å². The van der Waals surface area contributed by atoms with Crippen LogP contribution in [0, 0.1) is 28.6 Å². The van der Waals surface area contributed by atoms with Gasteiger partial charge >= 0.3 is 11.9 Å².